The number of benzene rings is 2. The highest BCUT2D eigenvalue weighted by molar-refractivity contribution is 6.07. The summed E-state index contributed by atoms with van der Waals surface area (Å²) >= 11 is 0. The van der Waals surface area contributed by atoms with E-state index in [1.807, 2.05) is 6.07 Å². The number of rotatable bonds is 5. The number of hydrogen-bond donors (Lipinski definition) is 4. The van der Waals surface area contributed by atoms with E-state index in [1.54, 1.807) is 42.2 Å². The van der Waals surface area contributed by atoms with E-state index in [0.29, 0.717) is 42.5 Å². The number of aromatic nitrogens is 2. The zero-order chi connectivity index (χ0) is 20.5. The highest BCUT2D eigenvalue weighted by atomic mass is 16.3. The molecule has 1 fully saturated rings. The minimum absolute atomic E-state index is 0.158. The van der Waals surface area contributed by atoms with Crippen molar-refractivity contribution in [3.63, 3.8) is 0 Å². The smallest absolute Gasteiger partial charge is 0.323 e. The second-order valence-electron chi connectivity index (χ2n) is 7.41. The van der Waals surface area contributed by atoms with E-state index in [2.05, 4.69) is 15.3 Å². The van der Waals surface area contributed by atoms with Crippen molar-refractivity contribution >= 4 is 22.6 Å². The topological polar surface area (TPSA) is 118 Å². The summed E-state index contributed by atoms with van der Waals surface area (Å²) in [6.45, 7) is 3.41. The van der Waals surface area contributed by atoms with Crippen molar-refractivity contribution in [2.24, 2.45) is 5.92 Å². The van der Waals surface area contributed by atoms with E-state index >= 15 is 0 Å². The first-order chi connectivity index (χ1) is 13.9. The van der Waals surface area contributed by atoms with Crippen LogP contribution in [0.5, 0.6) is 5.75 Å². The van der Waals surface area contributed by atoms with Crippen molar-refractivity contribution in [3.8, 4) is 5.75 Å². The summed E-state index contributed by atoms with van der Waals surface area (Å²) in [5, 5.41) is 14.1. The molecule has 3 aromatic rings. The van der Waals surface area contributed by atoms with Crippen molar-refractivity contribution in [1.29, 1.82) is 0 Å². The number of nitrogens with zero attached hydrogens (tertiary/aromatic N) is 1. The van der Waals surface area contributed by atoms with Gasteiger partial charge in [-0.25, -0.2) is 4.79 Å². The number of hydrogen-bond acceptors (Lipinski definition) is 4. The maximum atomic E-state index is 12.6. The van der Waals surface area contributed by atoms with Crippen LogP contribution in [0.2, 0.25) is 0 Å². The number of H-pyrrole nitrogens is 2. The molecule has 8 nitrogen and oxygen atoms in total. The van der Waals surface area contributed by atoms with Gasteiger partial charge in [0.05, 0.1) is 0 Å². The van der Waals surface area contributed by atoms with Gasteiger partial charge in [0.2, 0.25) is 0 Å². The normalized spacial score (nSPS) is 14.0. The Balaban J connectivity index is 1.29. The van der Waals surface area contributed by atoms with Crippen LogP contribution in [0.25, 0.3) is 10.8 Å². The van der Waals surface area contributed by atoms with Gasteiger partial charge in [0.15, 0.2) is 0 Å². The van der Waals surface area contributed by atoms with E-state index in [-0.39, 0.29) is 23.3 Å². The molecular formula is C21H22N4O4. The summed E-state index contributed by atoms with van der Waals surface area (Å²) in [6, 6.07) is 10.3. The fraction of sp³-hybridized carbons (Fsp3) is 0.286. The summed E-state index contributed by atoms with van der Waals surface area (Å²) in [6.07, 6.45) is 0.768. The number of amides is 2. The number of aromatic amines is 2. The summed E-state index contributed by atoms with van der Waals surface area (Å²) < 4.78 is 0. The third-order valence-corrected chi connectivity index (χ3v) is 5.32. The Morgan fingerprint density at radius 1 is 1.21 bits per heavy atom. The molecule has 0 atom stereocenters. The fourth-order valence-electron chi connectivity index (χ4n) is 3.72. The summed E-state index contributed by atoms with van der Waals surface area (Å²) in [5.74, 6) is 0.141. The molecule has 1 aromatic heterocycles. The van der Waals surface area contributed by atoms with E-state index in [9.17, 15) is 19.5 Å². The van der Waals surface area contributed by atoms with Gasteiger partial charge in [-0.3, -0.25) is 9.59 Å². The van der Waals surface area contributed by atoms with Gasteiger partial charge >= 0.3 is 5.69 Å². The van der Waals surface area contributed by atoms with Crippen molar-refractivity contribution in [1.82, 2.24) is 20.2 Å². The second kappa shape index (κ2) is 7.46. The lowest BCUT2D eigenvalue weighted by molar-refractivity contribution is 0.0477. The molecule has 0 aliphatic carbocycles. The molecule has 29 heavy (non-hydrogen) atoms. The van der Waals surface area contributed by atoms with Crippen LogP contribution < -0.4 is 11.0 Å². The Morgan fingerprint density at radius 3 is 2.72 bits per heavy atom. The third-order valence-electron chi connectivity index (χ3n) is 5.32. The minimum atomic E-state index is -0.380. The Kier molecular flexibility index (Phi) is 4.84. The molecule has 0 bridgehead atoms. The highest BCUT2D eigenvalue weighted by Crippen LogP contribution is 2.24. The molecule has 1 saturated heterocycles. The molecule has 4 rings (SSSR count). The number of aryl methyl sites for hydroxylation is 1. The molecule has 8 heteroatoms. The Morgan fingerprint density at radius 2 is 2.00 bits per heavy atom. The third kappa shape index (κ3) is 3.73. The molecule has 1 aliphatic heterocycles. The standard InChI is InChI=1S/C21H22N4O4/c1-12-18(24-21(29)23-12)20(28)25-10-13(11-25)7-8-22-19(27)17-4-2-3-14-9-15(26)5-6-16(14)17/h2-6,9,13,26H,7-8,10-11H2,1H3,(H,22,27)(H2,23,24,29). The van der Waals surface area contributed by atoms with Crippen LogP contribution in [0.4, 0.5) is 0 Å². The lowest BCUT2D eigenvalue weighted by Crippen LogP contribution is -2.51. The Labute approximate surface area is 166 Å². The first-order valence-corrected chi connectivity index (χ1v) is 9.50. The number of nitrogens with one attached hydrogen (secondary N) is 3. The minimum Gasteiger partial charge on any atom is -0.508 e. The number of aromatic hydroxyl groups is 1. The molecule has 0 unspecified atom stereocenters. The number of phenols is 1. The van der Waals surface area contributed by atoms with Crippen LogP contribution in [0.15, 0.2) is 41.2 Å². The quantitative estimate of drug-likeness (QED) is 0.527. The molecule has 4 N–H and O–H groups in total. The molecular weight excluding hydrogens is 372 g/mol. The van der Waals surface area contributed by atoms with E-state index < -0.39 is 0 Å². The van der Waals surface area contributed by atoms with Gasteiger partial charge in [-0.2, -0.15) is 0 Å². The molecule has 0 radical (unpaired) electrons. The van der Waals surface area contributed by atoms with Gasteiger partial charge in [-0.15, -0.1) is 0 Å². The predicted molar refractivity (Wildman–Crippen MR) is 108 cm³/mol. The number of imidazole rings is 1. The van der Waals surface area contributed by atoms with Crippen molar-refractivity contribution in [2.75, 3.05) is 19.6 Å². The number of phenolic OH excluding ortho intramolecular Hbond substituents is 1. The molecule has 1 aliphatic rings. The Hall–Kier alpha value is -3.55. The average molecular weight is 394 g/mol. The lowest BCUT2D eigenvalue weighted by atomic mass is 9.95. The van der Waals surface area contributed by atoms with Crippen molar-refractivity contribution in [2.45, 2.75) is 13.3 Å². The van der Waals surface area contributed by atoms with Gasteiger partial charge in [-0.1, -0.05) is 12.1 Å². The zero-order valence-corrected chi connectivity index (χ0v) is 16.0. The highest BCUT2D eigenvalue weighted by Gasteiger charge is 2.32. The SMILES string of the molecule is Cc1[nH]c(=O)[nH]c1C(=O)N1CC(CCNC(=O)c2cccc3cc(O)ccc23)C1. The first kappa shape index (κ1) is 18.8. The average Bonchev–Trinajstić information content (AvgIpc) is 3.00. The molecule has 2 aromatic carbocycles. The molecule has 2 amide bonds. The van der Waals surface area contributed by atoms with Gasteiger partial charge in [0.25, 0.3) is 11.8 Å². The molecule has 150 valence electrons. The molecule has 2 heterocycles. The van der Waals surface area contributed by atoms with Gasteiger partial charge in [0, 0.05) is 30.9 Å². The number of carbonyl (C=O) groups is 2. The largest absolute Gasteiger partial charge is 0.508 e. The van der Waals surface area contributed by atoms with E-state index in [4.69, 9.17) is 0 Å². The maximum absolute atomic E-state index is 12.6. The van der Waals surface area contributed by atoms with Crippen molar-refractivity contribution in [3.05, 3.63) is 63.8 Å². The van der Waals surface area contributed by atoms with Crippen LogP contribution in [0.3, 0.4) is 0 Å². The van der Waals surface area contributed by atoms with Crippen LogP contribution in [-0.4, -0.2) is 51.4 Å². The zero-order valence-electron chi connectivity index (χ0n) is 16.0. The van der Waals surface area contributed by atoms with E-state index in [0.717, 1.165) is 17.2 Å². The number of likely N-dealkylation sites (tertiary alicyclic amines) is 1. The second-order valence-corrected chi connectivity index (χ2v) is 7.41. The van der Waals surface area contributed by atoms with Crippen molar-refractivity contribution < 1.29 is 14.7 Å². The van der Waals surface area contributed by atoms with Crippen LogP contribution in [0, 0.1) is 12.8 Å². The summed E-state index contributed by atoms with van der Waals surface area (Å²) in [4.78, 5) is 43.0. The number of carbonyl (C=O) groups excluding carboxylic acids is 2. The fourth-order valence-corrected chi connectivity index (χ4v) is 3.72. The van der Waals surface area contributed by atoms with Crippen LogP contribution in [-0.2, 0) is 0 Å². The lowest BCUT2D eigenvalue weighted by Gasteiger charge is -2.39. The van der Waals surface area contributed by atoms with Crippen LogP contribution in [0.1, 0.15) is 33.0 Å². The predicted octanol–water partition coefficient (Wildman–Crippen LogP) is 1.76. The number of fused-ring (bicyclic) bond motifs is 1. The molecule has 0 saturated carbocycles. The Bertz CT molecular complexity index is 1140. The first-order valence-electron chi connectivity index (χ1n) is 9.50. The monoisotopic (exact) mass is 394 g/mol. The van der Waals surface area contributed by atoms with Gasteiger partial charge < -0.3 is 25.3 Å². The summed E-state index contributed by atoms with van der Waals surface area (Å²) in [7, 11) is 0. The van der Waals surface area contributed by atoms with Gasteiger partial charge in [-0.05, 0) is 54.3 Å². The van der Waals surface area contributed by atoms with Gasteiger partial charge in [0.1, 0.15) is 11.4 Å². The van der Waals surface area contributed by atoms with Crippen LogP contribution >= 0.6 is 0 Å². The molecule has 0 spiro atoms. The van der Waals surface area contributed by atoms with E-state index in [1.165, 1.54) is 0 Å². The summed E-state index contributed by atoms with van der Waals surface area (Å²) in [5.41, 5.74) is 1.04. The maximum Gasteiger partial charge on any atom is 0.323 e.